The summed E-state index contributed by atoms with van der Waals surface area (Å²) in [6.07, 6.45) is 0.991. The van der Waals surface area contributed by atoms with Crippen LogP contribution in [0.2, 0.25) is 0 Å². The van der Waals surface area contributed by atoms with Gasteiger partial charge in [-0.05, 0) is 25.3 Å². The highest BCUT2D eigenvalue weighted by Crippen LogP contribution is 2.31. The number of nitrogens with zero attached hydrogens (tertiary/aromatic N) is 2. The lowest BCUT2D eigenvalue weighted by molar-refractivity contribution is 0.249. The van der Waals surface area contributed by atoms with E-state index in [-0.39, 0.29) is 12.6 Å². The van der Waals surface area contributed by atoms with Crippen molar-refractivity contribution in [1.29, 1.82) is 0 Å². The van der Waals surface area contributed by atoms with E-state index in [0.717, 1.165) is 29.0 Å². The molecule has 0 saturated carbocycles. The molecule has 0 aromatic carbocycles. The van der Waals surface area contributed by atoms with Gasteiger partial charge in [-0.2, -0.15) is 4.98 Å². The Balaban J connectivity index is 2.45. The van der Waals surface area contributed by atoms with Gasteiger partial charge in [0.1, 0.15) is 10.6 Å². The smallest absolute Gasteiger partial charge is 0.226 e. The molecule has 0 fully saturated rings. The number of nitrogens with one attached hydrogen (secondary N) is 2. The second kappa shape index (κ2) is 7.04. The van der Waals surface area contributed by atoms with E-state index in [1.807, 2.05) is 6.92 Å². The summed E-state index contributed by atoms with van der Waals surface area (Å²) in [5.74, 6) is 1.77. The molecular formula is C15H24N4OS. The summed E-state index contributed by atoms with van der Waals surface area (Å²) < 4.78 is 0. The zero-order chi connectivity index (χ0) is 15.4. The van der Waals surface area contributed by atoms with Gasteiger partial charge in [0, 0.05) is 11.4 Å². The van der Waals surface area contributed by atoms with Crippen LogP contribution in [-0.4, -0.2) is 34.3 Å². The Morgan fingerprint density at radius 3 is 2.62 bits per heavy atom. The Kier molecular flexibility index (Phi) is 5.36. The number of anilines is 2. The maximum absolute atomic E-state index is 9.53. The van der Waals surface area contributed by atoms with Crippen LogP contribution < -0.4 is 10.6 Å². The van der Waals surface area contributed by atoms with Crippen LogP contribution in [0.25, 0.3) is 10.2 Å². The van der Waals surface area contributed by atoms with Crippen molar-refractivity contribution in [1.82, 2.24) is 9.97 Å². The highest BCUT2D eigenvalue weighted by Gasteiger charge is 2.17. The number of hydrogen-bond acceptors (Lipinski definition) is 6. The van der Waals surface area contributed by atoms with Crippen LogP contribution in [-0.2, 0) is 6.42 Å². The maximum Gasteiger partial charge on any atom is 0.226 e. The molecule has 21 heavy (non-hydrogen) atoms. The van der Waals surface area contributed by atoms with Crippen LogP contribution in [0.15, 0.2) is 6.07 Å². The predicted octanol–water partition coefficient (Wildman–Crippen LogP) is 3.11. The van der Waals surface area contributed by atoms with Gasteiger partial charge in [0.15, 0.2) is 0 Å². The molecule has 1 unspecified atom stereocenters. The first-order chi connectivity index (χ1) is 10.1. The lowest BCUT2D eigenvalue weighted by Crippen LogP contribution is -2.30. The van der Waals surface area contributed by atoms with Crippen molar-refractivity contribution in [3.8, 4) is 0 Å². The molecule has 2 rings (SSSR count). The van der Waals surface area contributed by atoms with Crippen LogP contribution >= 0.6 is 11.3 Å². The predicted molar refractivity (Wildman–Crippen MR) is 90.3 cm³/mol. The highest BCUT2D eigenvalue weighted by molar-refractivity contribution is 7.18. The average molecular weight is 308 g/mol. The second-order valence-corrected chi connectivity index (χ2v) is 6.50. The minimum Gasteiger partial charge on any atom is -0.394 e. The fourth-order valence-corrected chi connectivity index (χ4v) is 3.06. The van der Waals surface area contributed by atoms with Crippen LogP contribution in [0.3, 0.4) is 0 Å². The zero-order valence-electron chi connectivity index (χ0n) is 13.1. The molecule has 2 aromatic heterocycles. The molecule has 3 N–H and O–H groups in total. The minimum absolute atomic E-state index is 0.0115. The fraction of sp³-hybridized carbons (Fsp3) is 0.600. The molecule has 116 valence electrons. The number of aromatic nitrogens is 2. The Labute approximate surface area is 129 Å². The molecule has 6 heteroatoms. The Morgan fingerprint density at radius 2 is 2.05 bits per heavy atom. The van der Waals surface area contributed by atoms with Gasteiger partial charge in [0.2, 0.25) is 5.95 Å². The molecule has 0 aliphatic heterocycles. The highest BCUT2D eigenvalue weighted by atomic mass is 32.1. The second-order valence-electron chi connectivity index (χ2n) is 5.39. The van der Waals surface area contributed by atoms with E-state index in [0.29, 0.717) is 11.9 Å². The van der Waals surface area contributed by atoms with Gasteiger partial charge in [0.05, 0.1) is 18.0 Å². The molecular weight excluding hydrogens is 284 g/mol. The maximum atomic E-state index is 9.53. The van der Waals surface area contributed by atoms with E-state index < -0.39 is 0 Å². The average Bonchev–Trinajstić information content (AvgIpc) is 2.87. The van der Waals surface area contributed by atoms with Crippen LogP contribution in [0.5, 0.6) is 0 Å². The van der Waals surface area contributed by atoms with Crippen molar-refractivity contribution < 1.29 is 5.11 Å². The Hall–Kier alpha value is -1.40. The molecule has 2 heterocycles. The van der Waals surface area contributed by atoms with E-state index in [4.69, 9.17) is 0 Å². The quantitative estimate of drug-likeness (QED) is 0.733. The topological polar surface area (TPSA) is 70.1 Å². The first-order valence-electron chi connectivity index (χ1n) is 7.50. The zero-order valence-corrected chi connectivity index (χ0v) is 13.9. The standard InChI is InChI=1S/C15H24N4OS/c1-5-10-7-11-13(17-12(8-20)9(3)4)18-15(16-6-2)19-14(11)21-10/h7,9,12,20H,5-6,8H2,1-4H3,(H2,16,17,18,19). The Bertz CT molecular complexity index is 597. The van der Waals surface area contributed by atoms with Crippen molar-refractivity contribution >= 4 is 33.3 Å². The van der Waals surface area contributed by atoms with E-state index in [1.165, 1.54) is 4.88 Å². The molecule has 0 spiro atoms. The Morgan fingerprint density at radius 1 is 1.29 bits per heavy atom. The van der Waals surface area contributed by atoms with E-state index >= 15 is 0 Å². The van der Waals surface area contributed by atoms with E-state index in [2.05, 4.69) is 47.4 Å². The number of hydrogen-bond donors (Lipinski definition) is 3. The lowest BCUT2D eigenvalue weighted by Gasteiger charge is -2.21. The van der Waals surface area contributed by atoms with Crippen LogP contribution in [0.4, 0.5) is 11.8 Å². The molecule has 0 amide bonds. The first kappa shape index (κ1) is 16.0. The van der Waals surface area contributed by atoms with Gasteiger partial charge in [-0.3, -0.25) is 0 Å². The number of rotatable bonds is 7. The lowest BCUT2D eigenvalue weighted by atomic mass is 10.1. The van der Waals surface area contributed by atoms with Gasteiger partial charge in [-0.25, -0.2) is 4.98 Å². The van der Waals surface area contributed by atoms with Crippen molar-refractivity contribution in [2.45, 2.75) is 40.2 Å². The largest absolute Gasteiger partial charge is 0.394 e. The summed E-state index contributed by atoms with van der Waals surface area (Å²) in [5, 5.41) is 17.1. The number of aryl methyl sites for hydroxylation is 1. The molecule has 1 atom stereocenters. The van der Waals surface area contributed by atoms with Gasteiger partial charge < -0.3 is 15.7 Å². The van der Waals surface area contributed by atoms with Gasteiger partial charge in [0.25, 0.3) is 0 Å². The van der Waals surface area contributed by atoms with Gasteiger partial charge in [-0.1, -0.05) is 20.8 Å². The summed E-state index contributed by atoms with van der Waals surface area (Å²) in [7, 11) is 0. The molecule has 0 aliphatic carbocycles. The minimum atomic E-state index is -0.0115. The first-order valence-corrected chi connectivity index (χ1v) is 8.32. The third kappa shape index (κ3) is 3.63. The summed E-state index contributed by atoms with van der Waals surface area (Å²) in [6.45, 7) is 9.21. The third-order valence-electron chi connectivity index (χ3n) is 3.45. The third-order valence-corrected chi connectivity index (χ3v) is 4.62. The van der Waals surface area contributed by atoms with Gasteiger partial charge in [-0.15, -0.1) is 11.3 Å². The molecule has 0 saturated heterocycles. The van der Waals surface area contributed by atoms with Crippen LogP contribution in [0.1, 0.15) is 32.6 Å². The fourth-order valence-electron chi connectivity index (χ4n) is 2.09. The molecule has 2 aromatic rings. The number of thiophene rings is 1. The van der Waals surface area contributed by atoms with Crippen molar-refractivity contribution in [3.05, 3.63) is 10.9 Å². The van der Waals surface area contributed by atoms with Crippen molar-refractivity contribution in [2.75, 3.05) is 23.8 Å². The van der Waals surface area contributed by atoms with Gasteiger partial charge >= 0.3 is 0 Å². The summed E-state index contributed by atoms with van der Waals surface area (Å²) >= 11 is 1.70. The molecule has 0 radical (unpaired) electrons. The van der Waals surface area contributed by atoms with E-state index in [1.54, 1.807) is 11.3 Å². The summed E-state index contributed by atoms with van der Waals surface area (Å²) in [4.78, 5) is 11.4. The molecule has 0 aliphatic rings. The summed E-state index contributed by atoms with van der Waals surface area (Å²) in [5.41, 5.74) is 0. The number of fused-ring (bicyclic) bond motifs is 1. The summed E-state index contributed by atoms with van der Waals surface area (Å²) in [6, 6.07) is 2.13. The van der Waals surface area contributed by atoms with Crippen LogP contribution in [0, 0.1) is 5.92 Å². The molecule has 5 nitrogen and oxygen atoms in total. The molecule has 0 bridgehead atoms. The number of aliphatic hydroxyl groups is 1. The van der Waals surface area contributed by atoms with Crippen molar-refractivity contribution in [2.24, 2.45) is 5.92 Å². The van der Waals surface area contributed by atoms with Crippen molar-refractivity contribution in [3.63, 3.8) is 0 Å². The van der Waals surface area contributed by atoms with E-state index in [9.17, 15) is 5.11 Å². The normalized spacial score (nSPS) is 12.9. The SMILES string of the molecule is CCNc1nc(NC(CO)C(C)C)c2cc(CC)sc2n1. The monoisotopic (exact) mass is 308 g/mol. The number of aliphatic hydroxyl groups excluding tert-OH is 1.